The summed E-state index contributed by atoms with van der Waals surface area (Å²) in [7, 11) is 1.69. The van der Waals surface area contributed by atoms with Crippen molar-refractivity contribution in [2.75, 3.05) is 13.7 Å². The summed E-state index contributed by atoms with van der Waals surface area (Å²) in [5.41, 5.74) is 1.00. The van der Waals surface area contributed by atoms with Crippen LogP contribution in [-0.2, 0) is 11.3 Å². The van der Waals surface area contributed by atoms with Crippen molar-refractivity contribution in [3.63, 3.8) is 0 Å². The summed E-state index contributed by atoms with van der Waals surface area (Å²) in [4.78, 5) is 3.99. The zero-order valence-corrected chi connectivity index (χ0v) is 10.4. The third kappa shape index (κ3) is 2.78. The van der Waals surface area contributed by atoms with Crippen molar-refractivity contribution >= 4 is 12.2 Å². The van der Waals surface area contributed by atoms with Gasteiger partial charge in [-0.25, -0.2) is 0 Å². The molecule has 0 aliphatic rings. The molecule has 0 saturated heterocycles. The number of ether oxygens (including phenoxy) is 1. The van der Waals surface area contributed by atoms with Crippen molar-refractivity contribution in [3.05, 3.63) is 29.3 Å². The Morgan fingerprint density at radius 2 is 2.18 bits per heavy atom. The maximum atomic E-state index is 5.21. The van der Waals surface area contributed by atoms with Crippen LogP contribution in [0.2, 0.25) is 0 Å². The van der Waals surface area contributed by atoms with E-state index in [1.54, 1.807) is 19.5 Å². The first-order valence-electron chi connectivity index (χ1n) is 5.37. The largest absolute Gasteiger partial charge is 0.385 e. The summed E-state index contributed by atoms with van der Waals surface area (Å²) >= 11 is 5.21. The van der Waals surface area contributed by atoms with E-state index in [9.17, 15) is 0 Å². The molecule has 0 amide bonds. The molecule has 17 heavy (non-hydrogen) atoms. The number of hydrogen-bond acceptors (Lipinski definition) is 4. The second kappa shape index (κ2) is 5.70. The molecule has 0 bridgehead atoms. The molecular weight excluding hydrogens is 236 g/mol. The Bertz CT molecular complexity index is 520. The highest BCUT2D eigenvalue weighted by atomic mass is 32.1. The maximum Gasteiger partial charge on any atom is 0.195 e. The molecule has 90 valence electrons. The summed E-state index contributed by atoms with van der Waals surface area (Å²) in [6.07, 6.45) is 4.39. The predicted octanol–water partition coefficient (Wildman–Crippen LogP) is 2.04. The average molecular weight is 250 g/mol. The van der Waals surface area contributed by atoms with Crippen molar-refractivity contribution in [1.29, 1.82) is 0 Å². The van der Waals surface area contributed by atoms with Crippen molar-refractivity contribution in [2.24, 2.45) is 0 Å². The zero-order valence-electron chi connectivity index (χ0n) is 9.59. The molecule has 0 saturated carbocycles. The van der Waals surface area contributed by atoms with E-state index in [4.69, 9.17) is 17.0 Å². The van der Waals surface area contributed by atoms with Crippen LogP contribution in [0.25, 0.3) is 11.4 Å². The first-order chi connectivity index (χ1) is 8.33. The van der Waals surface area contributed by atoms with Crippen molar-refractivity contribution in [3.8, 4) is 11.4 Å². The third-order valence-electron chi connectivity index (χ3n) is 2.43. The van der Waals surface area contributed by atoms with Gasteiger partial charge in [0.2, 0.25) is 0 Å². The number of aromatic nitrogens is 4. The Hall–Kier alpha value is -1.53. The highest BCUT2D eigenvalue weighted by Gasteiger charge is 2.07. The first-order valence-corrected chi connectivity index (χ1v) is 5.78. The number of aromatic amines is 1. The van der Waals surface area contributed by atoms with Crippen LogP contribution in [0, 0.1) is 4.77 Å². The Balaban J connectivity index is 2.26. The van der Waals surface area contributed by atoms with Crippen molar-refractivity contribution in [2.45, 2.75) is 13.0 Å². The Morgan fingerprint density at radius 1 is 1.41 bits per heavy atom. The molecule has 0 aromatic carbocycles. The second-order valence-electron chi connectivity index (χ2n) is 3.59. The molecule has 6 heteroatoms. The minimum Gasteiger partial charge on any atom is -0.385 e. The van der Waals surface area contributed by atoms with Gasteiger partial charge in [0.05, 0.1) is 0 Å². The van der Waals surface area contributed by atoms with Gasteiger partial charge in [0.1, 0.15) is 0 Å². The summed E-state index contributed by atoms with van der Waals surface area (Å²) in [6.45, 7) is 1.50. The Kier molecular flexibility index (Phi) is 4.00. The number of methoxy groups -OCH3 is 1. The van der Waals surface area contributed by atoms with Gasteiger partial charge in [-0.05, 0) is 30.8 Å². The lowest BCUT2D eigenvalue weighted by molar-refractivity contribution is 0.190. The highest BCUT2D eigenvalue weighted by molar-refractivity contribution is 7.71. The van der Waals surface area contributed by atoms with E-state index < -0.39 is 0 Å². The minimum absolute atomic E-state index is 0.632. The smallest absolute Gasteiger partial charge is 0.195 e. The van der Waals surface area contributed by atoms with Crippen molar-refractivity contribution in [1.82, 2.24) is 19.7 Å². The number of nitrogens with one attached hydrogen (secondary N) is 1. The van der Waals surface area contributed by atoms with Crippen LogP contribution in [-0.4, -0.2) is 33.5 Å². The summed E-state index contributed by atoms with van der Waals surface area (Å²) in [5.74, 6) is 0.841. The van der Waals surface area contributed by atoms with Gasteiger partial charge in [0, 0.05) is 38.2 Å². The SMILES string of the molecule is COCCCn1c(-c2ccncc2)n[nH]c1=S. The summed E-state index contributed by atoms with van der Waals surface area (Å²) in [5, 5.41) is 7.06. The number of nitrogens with zero attached hydrogens (tertiary/aromatic N) is 3. The van der Waals surface area contributed by atoms with E-state index in [0.29, 0.717) is 11.4 Å². The molecule has 0 atom stereocenters. The van der Waals surface area contributed by atoms with Crippen LogP contribution in [0.4, 0.5) is 0 Å². The summed E-state index contributed by atoms with van der Waals surface area (Å²) in [6, 6.07) is 3.83. The third-order valence-corrected chi connectivity index (χ3v) is 2.74. The lowest BCUT2D eigenvalue weighted by Gasteiger charge is -2.05. The lowest BCUT2D eigenvalue weighted by Crippen LogP contribution is -2.03. The monoisotopic (exact) mass is 250 g/mol. The zero-order chi connectivity index (χ0) is 12.1. The van der Waals surface area contributed by atoms with Gasteiger partial charge in [0.15, 0.2) is 10.6 Å². The average Bonchev–Trinajstić information content (AvgIpc) is 2.73. The molecule has 0 unspecified atom stereocenters. The molecular formula is C11H14N4OS. The number of pyridine rings is 1. The van der Waals surface area contributed by atoms with Crippen molar-refractivity contribution < 1.29 is 4.74 Å². The molecule has 5 nitrogen and oxygen atoms in total. The lowest BCUT2D eigenvalue weighted by atomic mass is 10.2. The van der Waals surface area contributed by atoms with E-state index >= 15 is 0 Å². The first kappa shape index (κ1) is 11.9. The van der Waals surface area contributed by atoms with Crippen LogP contribution in [0.15, 0.2) is 24.5 Å². The number of H-pyrrole nitrogens is 1. The predicted molar refractivity (Wildman–Crippen MR) is 67.1 cm³/mol. The molecule has 2 rings (SSSR count). The van der Waals surface area contributed by atoms with Gasteiger partial charge < -0.3 is 9.30 Å². The van der Waals surface area contributed by atoms with Gasteiger partial charge in [0.25, 0.3) is 0 Å². The molecule has 0 aliphatic heterocycles. The number of hydrogen-bond donors (Lipinski definition) is 1. The molecule has 2 heterocycles. The van der Waals surface area contributed by atoms with Gasteiger partial charge in [-0.15, -0.1) is 0 Å². The maximum absolute atomic E-state index is 5.21. The van der Waals surface area contributed by atoms with Crippen LogP contribution < -0.4 is 0 Å². The minimum atomic E-state index is 0.632. The quantitative estimate of drug-likeness (QED) is 0.651. The van der Waals surface area contributed by atoms with Crippen LogP contribution >= 0.6 is 12.2 Å². The van der Waals surface area contributed by atoms with Gasteiger partial charge >= 0.3 is 0 Å². The van der Waals surface area contributed by atoms with Crippen LogP contribution in [0.3, 0.4) is 0 Å². The molecule has 0 fully saturated rings. The molecule has 2 aromatic heterocycles. The second-order valence-corrected chi connectivity index (χ2v) is 3.97. The fourth-order valence-electron chi connectivity index (χ4n) is 1.61. The molecule has 2 aromatic rings. The van der Waals surface area contributed by atoms with Gasteiger partial charge in [-0.2, -0.15) is 5.10 Å². The number of rotatable bonds is 5. The highest BCUT2D eigenvalue weighted by Crippen LogP contribution is 2.16. The fraction of sp³-hybridized carbons (Fsp3) is 0.364. The van der Waals surface area contributed by atoms with E-state index in [2.05, 4.69) is 15.2 Å². The standard InChI is InChI=1S/C11H14N4OS/c1-16-8-2-7-15-10(13-14-11(15)17)9-3-5-12-6-4-9/h3-6H,2,7-8H2,1H3,(H,14,17). The normalized spacial score (nSPS) is 10.6. The topological polar surface area (TPSA) is 55.7 Å². The molecule has 0 radical (unpaired) electrons. The van der Waals surface area contributed by atoms with E-state index in [1.807, 2.05) is 16.7 Å². The van der Waals surface area contributed by atoms with E-state index in [0.717, 1.165) is 24.4 Å². The van der Waals surface area contributed by atoms with E-state index in [1.165, 1.54) is 0 Å². The van der Waals surface area contributed by atoms with Gasteiger partial charge in [-0.3, -0.25) is 10.1 Å². The molecule has 1 N–H and O–H groups in total. The Morgan fingerprint density at radius 3 is 2.88 bits per heavy atom. The van der Waals surface area contributed by atoms with Crippen LogP contribution in [0.1, 0.15) is 6.42 Å². The van der Waals surface area contributed by atoms with Crippen LogP contribution in [0.5, 0.6) is 0 Å². The van der Waals surface area contributed by atoms with E-state index in [-0.39, 0.29) is 0 Å². The van der Waals surface area contributed by atoms with Gasteiger partial charge in [-0.1, -0.05) is 0 Å². The fourth-order valence-corrected chi connectivity index (χ4v) is 1.84. The molecule has 0 aliphatic carbocycles. The Labute approximate surface area is 104 Å². The molecule has 0 spiro atoms. The summed E-state index contributed by atoms with van der Waals surface area (Å²) < 4.78 is 7.65.